The number of methoxy groups -OCH3 is 2. The summed E-state index contributed by atoms with van der Waals surface area (Å²) in [5.41, 5.74) is 4.99. The number of phenolic OH excluding ortho intramolecular Hbond substituents is 2. The van der Waals surface area contributed by atoms with E-state index in [9.17, 15) is 10.2 Å². The lowest BCUT2D eigenvalue weighted by atomic mass is 10.1. The molecule has 2 N–H and O–H groups in total. The molecular weight excluding hydrogens is 573 g/mol. The van der Waals surface area contributed by atoms with Crippen LogP contribution in [0.2, 0.25) is 0 Å². The maximum atomic E-state index is 9.60. The standard InChI is InChI=1S/C16H17N3O2S.C14H13N3O2S/c1-4-22-16-18-12(10-15-17-7-8-19(15)16)11-5-6-13(20-2)14(9-11)21-3;1-2-20-14-16-10(8-13-15-5-6-17(13)14)9-3-4-11(18)12(19)7-9/h5-10H,4H2,1-3H3;3-8,18-19H,2H2,1H3. The number of hydrogen-bond donors (Lipinski definition) is 2. The Hall–Kier alpha value is -4.42. The second kappa shape index (κ2) is 13.0. The third-order valence-corrected chi connectivity index (χ3v) is 7.88. The molecule has 4 aromatic heterocycles. The molecule has 0 amide bonds. The van der Waals surface area contributed by atoms with Crippen LogP contribution in [0, 0.1) is 0 Å². The van der Waals surface area contributed by atoms with E-state index in [1.54, 1.807) is 56.2 Å². The molecule has 6 rings (SSSR count). The molecule has 0 saturated carbocycles. The molecular formula is C30H30N6O4S2. The molecule has 2 aromatic carbocycles. The minimum absolute atomic E-state index is 0.140. The van der Waals surface area contributed by atoms with Crippen molar-refractivity contribution >= 4 is 34.8 Å². The van der Waals surface area contributed by atoms with E-state index in [-0.39, 0.29) is 11.5 Å². The number of aromatic hydroxyl groups is 2. The molecule has 6 aromatic rings. The Morgan fingerprint density at radius 2 is 1.19 bits per heavy atom. The highest BCUT2D eigenvalue weighted by atomic mass is 32.2. The van der Waals surface area contributed by atoms with E-state index in [0.29, 0.717) is 11.5 Å². The molecule has 216 valence electrons. The Morgan fingerprint density at radius 1 is 0.667 bits per heavy atom. The van der Waals surface area contributed by atoms with Gasteiger partial charge in [0.1, 0.15) is 11.3 Å². The van der Waals surface area contributed by atoms with Crippen LogP contribution in [0.5, 0.6) is 23.0 Å². The first-order valence-corrected chi connectivity index (χ1v) is 15.1. The molecule has 0 aliphatic rings. The molecule has 0 fully saturated rings. The van der Waals surface area contributed by atoms with Crippen molar-refractivity contribution in [3.05, 3.63) is 73.3 Å². The Bertz CT molecular complexity index is 1840. The number of benzene rings is 2. The number of thioether (sulfide) groups is 2. The quantitative estimate of drug-likeness (QED) is 0.114. The zero-order valence-corrected chi connectivity index (χ0v) is 25.2. The minimum Gasteiger partial charge on any atom is -0.504 e. The van der Waals surface area contributed by atoms with Gasteiger partial charge in [-0.05, 0) is 47.9 Å². The lowest BCUT2D eigenvalue weighted by molar-refractivity contribution is 0.355. The van der Waals surface area contributed by atoms with E-state index in [1.165, 1.54) is 12.1 Å². The predicted octanol–water partition coefficient (Wildman–Crippen LogP) is 6.45. The fourth-order valence-corrected chi connectivity index (χ4v) is 5.65. The van der Waals surface area contributed by atoms with Crippen molar-refractivity contribution in [3.63, 3.8) is 0 Å². The molecule has 0 aliphatic heterocycles. The van der Waals surface area contributed by atoms with E-state index < -0.39 is 0 Å². The van der Waals surface area contributed by atoms with Gasteiger partial charge in [0.15, 0.2) is 33.3 Å². The van der Waals surface area contributed by atoms with Gasteiger partial charge in [-0.1, -0.05) is 37.4 Å². The van der Waals surface area contributed by atoms with Gasteiger partial charge in [0.05, 0.1) is 25.6 Å². The molecule has 0 aliphatic carbocycles. The molecule has 10 nitrogen and oxygen atoms in total. The molecule has 0 bridgehead atoms. The first-order chi connectivity index (χ1) is 20.4. The molecule has 42 heavy (non-hydrogen) atoms. The molecule has 0 saturated heterocycles. The minimum atomic E-state index is -0.155. The number of fused-ring (bicyclic) bond motifs is 2. The van der Waals surface area contributed by atoms with Crippen LogP contribution in [-0.2, 0) is 0 Å². The predicted molar refractivity (Wildman–Crippen MR) is 166 cm³/mol. The molecule has 0 radical (unpaired) electrons. The van der Waals surface area contributed by atoms with Crippen LogP contribution >= 0.6 is 23.5 Å². The van der Waals surface area contributed by atoms with Crippen LogP contribution < -0.4 is 9.47 Å². The molecule has 12 heteroatoms. The van der Waals surface area contributed by atoms with Crippen molar-refractivity contribution in [1.29, 1.82) is 0 Å². The van der Waals surface area contributed by atoms with Crippen molar-refractivity contribution in [2.75, 3.05) is 25.7 Å². The topological polar surface area (TPSA) is 119 Å². The van der Waals surface area contributed by atoms with Gasteiger partial charge in [-0.15, -0.1) is 0 Å². The van der Waals surface area contributed by atoms with Crippen LogP contribution in [0.1, 0.15) is 13.8 Å². The van der Waals surface area contributed by atoms with Crippen molar-refractivity contribution in [2.45, 2.75) is 24.2 Å². The summed E-state index contributed by atoms with van der Waals surface area (Å²) in [7, 11) is 3.26. The smallest absolute Gasteiger partial charge is 0.174 e. The maximum Gasteiger partial charge on any atom is 0.174 e. The van der Waals surface area contributed by atoms with Gasteiger partial charge < -0.3 is 19.7 Å². The summed E-state index contributed by atoms with van der Waals surface area (Å²) in [4.78, 5) is 18.0. The Kier molecular flexibility index (Phi) is 9.03. The van der Waals surface area contributed by atoms with E-state index in [0.717, 1.165) is 55.6 Å². The number of phenols is 2. The summed E-state index contributed by atoms with van der Waals surface area (Å²) >= 11 is 3.32. The lowest BCUT2D eigenvalue weighted by Gasteiger charge is -2.11. The Morgan fingerprint density at radius 3 is 1.69 bits per heavy atom. The first kappa shape index (κ1) is 29.1. The molecule has 0 unspecified atom stereocenters. The van der Waals surface area contributed by atoms with Crippen molar-refractivity contribution in [1.82, 2.24) is 28.7 Å². The average Bonchev–Trinajstić information content (AvgIpc) is 3.69. The van der Waals surface area contributed by atoms with E-state index in [2.05, 4.69) is 28.8 Å². The zero-order chi connectivity index (χ0) is 29.6. The Labute approximate surface area is 251 Å². The van der Waals surface area contributed by atoms with Gasteiger partial charge >= 0.3 is 0 Å². The monoisotopic (exact) mass is 602 g/mol. The van der Waals surface area contributed by atoms with Crippen molar-refractivity contribution in [3.8, 4) is 45.5 Å². The zero-order valence-electron chi connectivity index (χ0n) is 23.6. The van der Waals surface area contributed by atoms with E-state index in [1.807, 2.05) is 51.5 Å². The second-order valence-electron chi connectivity index (χ2n) is 8.80. The van der Waals surface area contributed by atoms with Gasteiger partial charge in [-0.25, -0.2) is 19.9 Å². The normalized spacial score (nSPS) is 11.0. The Balaban J connectivity index is 0.000000169. The highest BCUT2D eigenvalue weighted by molar-refractivity contribution is 7.99. The third kappa shape index (κ3) is 6.09. The third-order valence-electron chi connectivity index (χ3n) is 6.21. The van der Waals surface area contributed by atoms with Crippen LogP contribution in [0.15, 0.2) is 83.6 Å². The van der Waals surface area contributed by atoms with E-state index >= 15 is 0 Å². The van der Waals surface area contributed by atoms with Crippen molar-refractivity contribution in [2.24, 2.45) is 0 Å². The van der Waals surface area contributed by atoms with Gasteiger partial charge in [-0.2, -0.15) is 0 Å². The summed E-state index contributed by atoms with van der Waals surface area (Å²) in [5, 5.41) is 20.8. The molecule has 4 heterocycles. The summed E-state index contributed by atoms with van der Waals surface area (Å²) in [6.45, 7) is 4.17. The highest BCUT2D eigenvalue weighted by Crippen LogP contribution is 2.33. The average molecular weight is 603 g/mol. The lowest BCUT2D eigenvalue weighted by Crippen LogP contribution is -1.97. The fourth-order valence-electron chi connectivity index (χ4n) is 4.23. The number of rotatable bonds is 8. The van der Waals surface area contributed by atoms with Gasteiger partial charge in [0.2, 0.25) is 0 Å². The largest absolute Gasteiger partial charge is 0.504 e. The number of aromatic nitrogens is 6. The number of hydrogen-bond acceptors (Lipinski definition) is 10. The highest BCUT2D eigenvalue weighted by Gasteiger charge is 2.12. The molecule has 0 spiro atoms. The van der Waals surface area contributed by atoms with Gasteiger partial charge in [0.25, 0.3) is 0 Å². The van der Waals surface area contributed by atoms with Crippen LogP contribution in [-0.4, -0.2) is 64.7 Å². The SMILES string of the molecule is CCSc1nc(-c2ccc(O)c(O)c2)cc2nccn12.CCSc1nc(-c2ccc(OC)c(OC)c2)cc2nccn12. The number of ether oxygens (including phenoxy) is 2. The van der Waals surface area contributed by atoms with Gasteiger partial charge in [0, 0.05) is 48.0 Å². The van der Waals surface area contributed by atoms with Crippen LogP contribution in [0.25, 0.3) is 33.8 Å². The summed E-state index contributed by atoms with van der Waals surface area (Å²) < 4.78 is 14.6. The van der Waals surface area contributed by atoms with Crippen LogP contribution in [0.3, 0.4) is 0 Å². The van der Waals surface area contributed by atoms with Crippen LogP contribution in [0.4, 0.5) is 0 Å². The summed E-state index contributed by atoms with van der Waals surface area (Å²) in [5.74, 6) is 2.96. The maximum absolute atomic E-state index is 9.60. The number of imidazole rings is 2. The van der Waals surface area contributed by atoms with Crippen molar-refractivity contribution < 1.29 is 19.7 Å². The summed E-state index contributed by atoms with van der Waals surface area (Å²) in [6, 6.07) is 14.3. The molecule has 0 atom stereocenters. The van der Waals surface area contributed by atoms with Gasteiger partial charge in [-0.3, -0.25) is 8.80 Å². The second-order valence-corrected chi connectivity index (χ2v) is 11.3. The van der Waals surface area contributed by atoms with E-state index in [4.69, 9.17) is 14.5 Å². The first-order valence-electron chi connectivity index (χ1n) is 13.1. The summed E-state index contributed by atoms with van der Waals surface area (Å²) in [6.07, 6.45) is 7.32. The number of nitrogens with zero attached hydrogens (tertiary/aromatic N) is 6. The fraction of sp³-hybridized carbons (Fsp3) is 0.200.